The molecular formula is C11H10O2S. The topological polar surface area (TPSA) is 26.3 Å². The van der Waals surface area contributed by atoms with Crippen LogP contribution in [0.4, 0.5) is 0 Å². The molecule has 0 spiro atoms. The molecule has 0 bridgehead atoms. The third kappa shape index (κ3) is 3.55. The smallest absolute Gasteiger partial charge is 0.384 e. The number of benzene rings is 1. The van der Waals surface area contributed by atoms with Gasteiger partial charge in [0.05, 0.1) is 6.61 Å². The number of hydrogen-bond acceptors (Lipinski definition) is 3. The van der Waals surface area contributed by atoms with Crippen LogP contribution in [0.5, 0.6) is 0 Å². The molecule has 0 aliphatic carbocycles. The Balaban J connectivity index is 2.68. The van der Waals surface area contributed by atoms with Crippen LogP contribution in [0.15, 0.2) is 29.2 Å². The number of carbonyl (C=O) groups excluding carboxylic acids is 1. The normalized spacial score (nSPS) is 8.71. The highest BCUT2D eigenvalue weighted by Gasteiger charge is 1.92. The molecule has 1 rings (SSSR count). The Labute approximate surface area is 88.7 Å². The van der Waals surface area contributed by atoms with Crippen molar-refractivity contribution in [3.05, 3.63) is 29.8 Å². The molecule has 14 heavy (non-hydrogen) atoms. The van der Waals surface area contributed by atoms with Gasteiger partial charge in [-0.15, -0.1) is 12.6 Å². The molecule has 0 N–H and O–H groups in total. The van der Waals surface area contributed by atoms with Gasteiger partial charge in [0.2, 0.25) is 0 Å². The van der Waals surface area contributed by atoms with E-state index in [9.17, 15) is 4.79 Å². The fourth-order valence-electron chi connectivity index (χ4n) is 0.835. The first kappa shape index (κ1) is 10.7. The maximum absolute atomic E-state index is 10.9. The lowest BCUT2D eigenvalue weighted by atomic mass is 10.2. The number of carbonyl (C=O) groups is 1. The molecule has 0 amide bonds. The van der Waals surface area contributed by atoms with Crippen molar-refractivity contribution in [2.75, 3.05) is 6.61 Å². The van der Waals surface area contributed by atoms with Gasteiger partial charge in [0, 0.05) is 16.4 Å². The second-order valence-corrected chi connectivity index (χ2v) is 3.03. The third-order valence-electron chi connectivity index (χ3n) is 1.45. The SMILES string of the molecule is CCOC(=O)C#Cc1ccc(S)cc1. The van der Waals surface area contributed by atoms with Crippen molar-refractivity contribution in [3.63, 3.8) is 0 Å². The highest BCUT2D eigenvalue weighted by molar-refractivity contribution is 7.80. The number of thiol groups is 1. The summed E-state index contributed by atoms with van der Waals surface area (Å²) in [7, 11) is 0. The lowest BCUT2D eigenvalue weighted by molar-refractivity contribution is -0.136. The number of hydrogen-bond donors (Lipinski definition) is 1. The maximum Gasteiger partial charge on any atom is 0.384 e. The predicted molar refractivity (Wildman–Crippen MR) is 57.2 cm³/mol. The van der Waals surface area contributed by atoms with Crippen molar-refractivity contribution in [2.24, 2.45) is 0 Å². The molecule has 0 saturated carbocycles. The van der Waals surface area contributed by atoms with Gasteiger partial charge < -0.3 is 4.74 Å². The summed E-state index contributed by atoms with van der Waals surface area (Å²) in [6.45, 7) is 2.10. The summed E-state index contributed by atoms with van der Waals surface area (Å²) < 4.78 is 4.66. The second kappa shape index (κ2) is 5.36. The summed E-state index contributed by atoms with van der Waals surface area (Å²) in [6.07, 6.45) is 0. The standard InChI is InChI=1S/C11H10O2S/c1-2-13-11(12)8-5-9-3-6-10(14)7-4-9/h3-4,6-7,14H,2H2,1H3. The summed E-state index contributed by atoms with van der Waals surface area (Å²) >= 11 is 4.13. The molecule has 0 radical (unpaired) electrons. The van der Waals surface area contributed by atoms with Gasteiger partial charge in [0.1, 0.15) is 0 Å². The highest BCUT2D eigenvalue weighted by Crippen LogP contribution is 2.06. The van der Waals surface area contributed by atoms with Crippen LogP contribution in [0.3, 0.4) is 0 Å². The molecule has 0 unspecified atom stereocenters. The van der Waals surface area contributed by atoms with E-state index in [1.807, 2.05) is 12.1 Å². The molecule has 2 nitrogen and oxygen atoms in total. The molecule has 3 heteroatoms. The fraction of sp³-hybridized carbons (Fsp3) is 0.182. The Morgan fingerprint density at radius 2 is 2.07 bits per heavy atom. The average molecular weight is 206 g/mol. The van der Waals surface area contributed by atoms with E-state index in [0.29, 0.717) is 6.61 Å². The van der Waals surface area contributed by atoms with E-state index >= 15 is 0 Å². The van der Waals surface area contributed by atoms with E-state index in [0.717, 1.165) is 10.5 Å². The summed E-state index contributed by atoms with van der Waals surface area (Å²) in [4.78, 5) is 11.7. The van der Waals surface area contributed by atoms with Gasteiger partial charge in [-0.05, 0) is 31.2 Å². The molecular weight excluding hydrogens is 196 g/mol. The molecule has 0 aromatic heterocycles. The first-order valence-electron chi connectivity index (χ1n) is 4.20. The molecule has 1 aromatic carbocycles. The average Bonchev–Trinajstić information content (AvgIpc) is 2.17. The molecule has 1 aromatic rings. The van der Waals surface area contributed by atoms with Crippen molar-refractivity contribution in [1.82, 2.24) is 0 Å². The minimum absolute atomic E-state index is 0.350. The van der Waals surface area contributed by atoms with Crippen LogP contribution in [0.2, 0.25) is 0 Å². The number of rotatable bonds is 1. The Morgan fingerprint density at radius 3 is 2.64 bits per heavy atom. The van der Waals surface area contributed by atoms with E-state index in [2.05, 4.69) is 29.2 Å². The van der Waals surface area contributed by atoms with Crippen LogP contribution in [-0.2, 0) is 9.53 Å². The second-order valence-electron chi connectivity index (χ2n) is 2.52. The van der Waals surface area contributed by atoms with Crippen LogP contribution >= 0.6 is 12.6 Å². The molecule has 72 valence electrons. The molecule has 0 aliphatic heterocycles. The minimum Gasteiger partial charge on any atom is -0.456 e. The Kier molecular flexibility index (Phi) is 4.09. The largest absolute Gasteiger partial charge is 0.456 e. The first-order chi connectivity index (χ1) is 6.72. The van der Waals surface area contributed by atoms with Crippen molar-refractivity contribution in [2.45, 2.75) is 11.8 Å². The van der Waals surface area contributed by atoms with Crippen molar-refractivity contribution in [1.29, 1.82) is 0 Å². The summed E-state index contributed by atoms with van der Waals surface area (Å²) in [5.41, 5.74) is 0.774. The van der Waals surface area contributed by atoms with Crippen LogP contribution in [0.25, 0.3) is 0 Å². The summed E-state index contributed by atoms with van der Waals surface area (Å²) in [5.74, 6) is 4.58. The lowest BCUT2D eigenvalue weighted by Crippen LogP contribution is -1.99. The van der Waals surface area contributed by atoms with Crippen LogP contribution in [0.1, 0.15) is 12.5 Å². The Bertz CT molecular complexity index is 371. The van der Waals surface area contributed by atoms with Crippen LogP contribution in [-0.4, -0.2) is 12.6 Å². The number of ether oxygens (including phenoxy) is 1. The molecule has 0 fully saturated rings. The Hall–Kier alpha value is -1.40. The number of esters is 1. The monoisotopic (exact) mass is 206 g/mol. The molecule has 0 saturated heterocycles. The lowest BCUT2D eigenvalue weighted by Gasteiger charge is -1.92. The van der Waals surface area contributed by atoms with E-state index in [-0.39, 0.29) is 0 Å². The van der Waals surface area contributed by atoms with E-state index in [1.165, 1.54) is 0 Å². The van der Waals surface area contributed by atoms with E-state index in [4.69, 9.17) is 0 Å². The predicted octanol–water partition coefficient (Wildman–Crippen LogP) is 1.89. The third-order valence-corrected chi connectivity index (χ3v) is 1.75. The molecule has 0 heterocycles. The van der Waals surface area contributed by atoms with Gasteiger partial charge in [-0.3, -0.25) is 0 Å². The summed E-state index contributed by atoms with van der Waals surface area (Å²) in [6, 6.07) is 7.24. The maximum atomic E-state index is 10.9. The first-order valence-corrected chi connectivity index (χ1v) is 4.65. The fourth-order valence-corrected chi connectivity index (χ4v) is 0.984. The quantitative estimate of drug-likeness (QED) is 0.431. The van der Waals surface area contributed by atoms with E-state index in [1.54, 1.807) is 19.1 Å². The van der Waals surface area contributed by atoms with Crippen molar-refractivity contribution in [3.8, 4) is 11.8 Å². The minimum atomic E-state index is -0.498. The molecule has 0 atom stereocenters. The zero-order valence-electron chi connectivity index (χ0n) is 7.78. The Morgan fingerprint density at radius 1 is 1.43 bits per heavy atom. The van der Waals surface area contributed by atoms with Crippen molar-refractivity contribution >= 4 is 18.6 Å². The van der Waals surface area contributed by atoms with Gasteiger partial charge in [0.15, 0.2) is 0 Å². The van der Waals surface area contributed by atoms with Gasteiger partial charge in [-0.25, -0.2) is 4.79 Å². The molecule has 0 aliphatic rings. The van der Waals surface area contributed by atoms with Crippen LogP contribution < -0.4 is 0 Å². The van der Waals surface area contributed by atoms with Gasteiger partial charge in [-0.1, -0.05) is 5.92 Å². The zero-order valence-corrected chi connectivity index (χ0v) is 8.67. The van der Waals surface area contributed by atoms with Gasteiger partial charge >= 0.3 is 5.97 Å². The van der Waals surface area contributed by atoms with Gasteiger partial charge in [-0.2, -0.15) is 0 Å². The van der Waals surface area contributed by atoms with Crippen LogP contribution in [0, 0.1) is 11.8 Å². The highest BCUT2D eigenvalue weighted by atomic mass is 32.1. The van der Waals surface area contributed by atoms with E-state index < -0.39 is 5.97 Å². The van der Waals surface area contributed by atoms with Crippen molar-refractivity contribution < 1.29 is 9.53 Å². The summed E-state index contributed by atoms with van der Waals surface area (Å²) in [5, 5.41) is 0. The van der Waals surface area contributed by atoms with Gasteiger partial charge in [0.25, 0.3) is 0 Å². The zero-order chi connectivity index (χ0) is 10.4.